The van der Waals surface area contributed by atoms with E-state index >= 15 is 0 Å². The van der Waals surface area contributed by atoms with Crippen LogP contribution < -0.4 is 0 Å². The van der Waals surface area contributed by atoms with Crippen molar-refractivity contribution in [2.75, 3.05) is 5.88 Å². The normalized spacial score (nSPS) is 10.4. The van der Waals surface area contributed by atoms with Crippen molar-refractivity contribution < 1.29 is 0 Å². The van der Waals surface area contributed by atoms with Crippen LogP contribution in [0.5, 0.6) is 0 Å². The predicted octanol–water partition coefficient (Wildman–Crippen LogP) is 4.01. The largest absolute Gasteiger partial charge is 0.316 e. The van der Waals surface area contributed by atoms with Crippen molar-refractivity contribution >= 4 is 34.7 Å². The maximum atomic E-state index is 5.59. The Hall–Kier alpha value is 0.796. The molecule has 0 bridgehead atoms. The topological polar surface area (TPSA) is 0 Å². The Kier molecular flexibility index (Phi) is 19.9. The van der Waals surface area contributed by atoms with Gasteiger partial charge in [0.25, 0.3) is 0 Å². The van der Waals surface area contributed by atoms with E-state index in [-0.39, 0.29) is 23.1 Å². The third-order valence-corrected chi connectivity index (χ3v) is 2.42. The molecule has 0 aliphatic carbocycles. The Balaban J connectivity index is 0. The molecule has 0 radical (unpaired) electrons. The van der Waals surface area contributed by atoms with Crippen LogP contribution in [0.25, 0.3) is 0 Å². The molecule has 0 aliphatic heterocycles. The molecule has 0 amide bonds. The average Bonchev–Trinajstić information content (AvgIpc) is 2.16. The van der Waals surface area contributed by atoms with Gasteiger partial charge in [-0.05, 0) is 25.7 Å². The van der Waals surface area contributed by atoms with Crippen molar-refractivity contribution in [3.05, 3.63) is 12.2 Å². The van der Waals surface area contributed by atoms with Crippen LogP contribution in [0.2, 0.25) is 0 Å². The molecule has 14 heavy (non-hydrogen) atoms. The van der Waals surface area contributed by atoms with Crippen molar-refractivity contribution in [3.63, 3.8) is 0 Å². The first-order chi connectivity index (χ1) is 6.41. The van der Waals surface area contributed by atoms with Crippen LogP contribution in [-0.4, -0.2) is 28.9 Å². The van der Waals surface area contributed by atoms with Gasteiger partial charge in [0.2, 0.25) is 0 Å². The summed E-state index contributed by atoms with van der Waals surface area (Å²) in [5.74, 6) is 0.833. The zero-order valence-electron chi connectivity index (χ0n) is 8.90. The average molecular weight is 229 g/mol. The quantitative estimate of drug-likeness (QED) is 0.242. The fourth-order valence-corrected chi connectivity index (χ4v) is 1.54. The lowest BCUT2D eigenvalue weighted by Crippen LogP contribution is -1.80. The van der Waals surface area contributed by atoms with Crippen molar-refractivity contribution in [1.29, 1.82) is 0 Å². The van der Waals surface area contributed by atoms with Crippen molar-refractivity contribution in [2.24, 2.45) is 0 Å². The molecule has 0 aromatic heterocycles. The standard InChI is InChI=1S/C12H23Cl.Mg.2H/c1-2-3-4-5-6-7-8-9-10-11-12-13;;;/h3-4H,2,5-12H2,1H3;;;/b4-3-;;;. The lowest BCUT2D eigenvalue weighted by molar-refractivity contribution is 0.612. The summed E-state index contributed by atoms with van der Waals surface area (Å²) in [6.07, 6.45) is 15.0. The minimum atomic E-state index is 0. The highest BCUT2D eigenvalue weighted by Gasteiger charge is 1.89. The second-order valence-electron chi connectivity index (χ2n) is 3.48. The third-order valence-electron chi connectivity index (χ3n) is 2.16. The molecule has 0 aromatic carbocycles. The highest BCUT2D eigenvalue weighted by molar-refractivity contribution is 6.17. The molecular formula is C12H25ClMg. The summed E-state index contributed by atoms with van der Waals surface area (Å²) >= 11 is 5.59. The molecule has 0 aliphatic rings. The first kappa shape index (κ1) is 17.2. The molecule has 82 valence electrons. The molecule has 0 fully saturated rings. The van der Waals surface area contributed by atoms with Gasteiger partial charge in [0.1, 0.15) is 0 Å². The number of allylic oxidation sites excluding steroid dienone is 2. The first-order valence-electron chi connectivity index (χ1n) is 5.62. The molecule has 0 spiro atoms. The molecule has 0 saturated carbocycles. The molecule has 0 unspecified atom stereocenters. The van der Waals surface area contributed by atoms with Gasteiger partial charge in [-0.3, -0.25) is 0 Å². The first-order valence-corrected chi connectivity index (χ1v) is 6.16. The highest BCUT2D eigenvalue weighted by Crippen LogP contribution is 2.07. The Morgan fingerprint density at radius 3 is 2.00 bits per heavy atom. The van der Waals surface area contributed by atoms with E-state index in [2.05, 4.69) is 19.1 Å². The summed E-state index contributed by atoms with van der Waals surface area (Å²) in [4.78, 5) is 0. The maximum Gasteiger partial charge on any atom is 0.316 e. The van der Waals surface area contributed by atoms with Crippen LogP contribution in [0.15, 0.2) is 12.2 Å². The molecular weight excluding hydrogens is 204 g/mol. The van der Waals surface area contributed by atoms with Crippen molar-refractivity contribution in [3.8, 4) is 0 Å². The Morgan fingerprint density at radius 1 is 0.857 bits per heavy atom. The fraction of sp³-hybridized carbons (Fsp3) is 0.833. The molecule has 2 heteroatoms. The van der Waals surface area contributed by atoms with Gasteiger partial charge >= 0.3 is 23.1 Å². The van der Waals surface area contributed by atoms with Gasteiger partial charge in [0, 0.05) is 5.88 Å². The second kappa shape index (κ2) is 16.2. The zero-order valence-corrected chi connectivity index (χ0v) is 9.65. The number of unbranched alkanes of at least 4 members (excludes halogenated alkanes) is 6. The zero-order chi connectivity index (χ0) is 9.78. The number of halogens is 1. The van der Waals surface area contributed by atoms with Gasteiger partial charge in [0.15, 0.2) is 0 Å². The minimum Gasteiger partial charge on any atom is -0.127 e. The van der Waals surface area contributed by atoms with Crippen molar-refractivity contribution in [1.82, 2.24) is 0 Å². The molecule has 0 aromatic rings. The Labute approximate surface area is 111 Å². The minimum absolute atomic E-state index is 0. The van der Waals surface area contributed by atoms with Gasteiger partial charge in [-0.25, -0.2) is 0 Å². The Morgan fingerprint density at radius 2 is 1.43 bits per heavy atom. The third kappa shape index (κ3) is 15.3. The lowest BCUT2D eigenvalue weighted by Gasteiger charge is -1.98. The van der Waals surface area contributed by atoms with Gasteiger partial charge in [-0.15, -0.1) is 11.6 Å². The molecule has 0 rings (SSSR count). The SMILES string of the molecule is CC/C=C\CCCCCCCCCl.[MgH2]. The lowest BCUT2D eigenvalue weighted by atomic mass is 10.1. The molecule has 0 nitrogen and oxygen atoms in total. The number of hydrogen-bond donors (Lipinski definition) is 0. The highest BCUT2D eigenvalue weighted by atomic mass is 35.5. The maximum absolute atomic E-state index is 5.59. The van der Waals surface area contributed by atoms with E-state index in [1.165, 1.54) is 51.4 Å². The predicted molar refractivity (Wildman–Crippen MR) is 71.0 cm³/mol. The van der Waals surface area contributed by atoms with Crippen LogP contribution >= 0.6 is 11.6 Å². The van der Waals surface area contributed by atoms with Gasteiger partial charge in [-0.1, -0.05) is 44.8 Å². The smallest absolute Gasteiger partial charge is 0.127 e. The van der Waals surface area contributed by atoms with E-state index in [0.29, 0.717) is 0 Å². The molecule has 0 heterocycles. The van der Waals surface area contributed by atoms with E-state index in [1.807, 2.05) is 0 Å². The molecule has 0 saturated heterocycles. The summed E-state index contributed by atoms with van der Waals surface area (Å²) in [5, 5.41) is 0. The van der Waals surface area contributed by atoms with Gasteiger partial charge < -0.3 is 0 Å². The van der Waals surface area contributed by atoms with Crippen LogP contribution in [0, 0.1) is 0 Å². The summed E-state index contributed by atoms with van der Waals surface area (Å²) < 4.78 is 0. The van der Waals surface area contributed by atoms with E-state index in [9.17, 15) is 0 Å². The molecule has 0 N–H and O–H groups in total. The van der Waals surface area contributed by atoms with E-state index in [1.54, 1.807) is 0 Å². The van der Waals surface area contributed by atoms with Crippen LogP contribution in [-0.2, 0) is 0 Å². The van der Waals surface area contributed by atoms with E-state index in [0.717, 1.165) is 5.88 Å². The fourth-order valence-electron chi connectivity index (χ4n) is 1.35. The molecule has 0 atom stereocenters. The monoisotopic (exact) mass is 228 g/mol. The van der Waals surface area contributed by atoms with Gasteiger partial charge in [-0.2, -0.15) is 0 Å². The number of alkyl halides is 1. The van der Waals surface area contributed by atoms with Crippen molar-refractivity contribution in [2.45, 2.75) is 58.3 Å². The summed E-state index contributed by atoms with van der Waals surface area (Å²) in [5.41, 5.74) is 0. The van der Waals surface area contributed by atoms with Crippen LogP contribution in [0.4, 0.5) is 0 Å². The van der Waals surface area contributed by atoms with E-state index in [4.69, 9.17) is 11.6 Å². The van der Waals surface area contributed by atoms with Gasteiger partial charge in [0.05, 0.1) is 0 Å². The van der Waals surface area contributed by atoms with Crippen LogP contribution in [0.3, 0.4) is 0 Å². The number of rotatable bonds is 9. The summed E-state index contributed by atoms with van der Waals surface area (Å²) in [6, 6.07) is 0. The summed E-state index contributed by atoms with van der Waals surface area (Å²) in [7, 11) is 0. The van der Waals surface area contributed by atoms with E-state index < -0.39 is 0 Å². The number of hydrogen-bond acceptors (Lipinski definition) is 0. The Bertz CT molecular complexity index is 113. The second-order valence-corrected chi connectivity index (χ2v) is 3.86. The summed E-state index contributed by atoms with van der Waals surface area (Å²) in [6.45, 7) is 2.18. The van der Waals surface area contributed by atoms with Crippen LogP contribution in [0.1, 0.15) is 58.3 Å².